The Balaban J connectivity index is 2.03. The number of amides is 2. The van der Waals surface area contributed by atoms with Crippen LogP contribution >= 0.6 is 15.9 Å². The summed E-state index contributed by atoms with van der Waals surface area (Å²) in [7, 11) is 5.63. The molecule has 2 N–H and O–H groups in total. The number of rotatable bonds is 6. The largest absolute Gasteiger partial charge is 0.497 e. The second kappa shape index (κ2) is 8.87. The van der Waals surface area contributed by atoms with Gasteiger partial charge in [-0.25, -0.2) is 4.79 Å². The number of benzene rings is 2. The van der Waals surface area contributed by atoms with Gasteiger partial charge in [0.25, 0.3) is 0 Å². The molecule has 2 amide bonds. The van der Waals surface area contributed by atoms with Gasteiger partial charge >= 0.3 is 6.03 Å². The summed E-state index contributed by atoms with van der Waals surface area (Å²) in [4.78, 5) is 14.3. The fourth-order valence-electron chi connectivity index (χ4n) is 2.53. The van der Waals surface area contributed by atoms with E-state index in [0.717, 1.165) is 27.0 Å². The summed E-state index contributed by atoms with van der Waals surface area (Å²) < 4.78 is 6.22. The zero-order valence-corrected chi connectivity index (χ0v) is 16.6. The van der Waals surface area contributed by atoms with Crippen LogP contribution in [0.2, 0.25) is 0 Å². The number of methoxy groups -OCH3 is 1. The second-order valence-electron chi connectivity index (χ2n) is 6.05. The van der Waals surface area contributed by atoms with Crippen LogP contribution in [0.4, 0.5) is 10.5 Å². The average Bonchev–Trinajstić information content (AvgIpc) is 2.58. The summed E-state index contributed by atoms with van der Waals surface area (Å²) >= 11 is 3.42. The Hall–Kier alpha value is -2.05. The number of hydrogen-bond donors (Lipinski definition) is 2. The molecule has 134 valence electrons. The Kier molecular flexibility index (Phi) is 6.84. The fraction of sp³-hybridized carbons (Fsp3) is 0.316. The number of anilines is 1. The molecule has 5 nitrogen and oxygen atoms in total. The summed E-state index contributed by atoms with van der Waals surface area (Å²) in [5.41, 5.74) is 2.88. The Morgan fingerprint density at radius 2 is 2.00 bits per heavy atom. The Morgan fingerprint density at radius 3 is 2.68 bits per heavy atom. The molecule has 0 saturated heterocycles. The third-order valence-corrected chi connectivity index (χ3v) is 4.50. The maximum atomic E-state index is 12.3. The molecule has 0 aliphatic rings. The van der Waals surface area contributed by atoms with Crippen molar-refractivity contribution in [3.63, 3.8) is 0 Å². The van der Waals surface area contributed by atoms with Gasteiger partial charge < -0.3 is 20.3 Å². The van der Waals surface area contributed by atoms with Crippen LogP contribution in [0, 0.1) is 6.92 Å². The molecule has 2 aromatic rings. The monoisotopic (exact) mass is 405 g/mol. The van der Waals surface area contributed by atoms with Crippen molar-refractivity contribution in [2.45, 2.75) is 13.0 Å². The first kappa shape index (κ1) is 19.3. The highest BCUT2D eigenvalue weighted by atomic mass is 79.9. The van der Waals surface area contributed by atoms with Crippen LogP contribution in [0.1, 0.15) is 17.2 Å². The predicted molar refractivity (Wildman–Crippen MR) is 105 cm³/mol. The lowest BCUT2D eigenvalue weighted by atomic mass is 10.1. The molecular weight excluding hydrogens is 382 g/mol. The molecule has 25 heavy (non-hydrogen) atoms. The smallest absolute Gasteiger partial charge is 0.319 e. The van der Waals surface area contributed by atoms with E-state index >= 15 is 0 Å². The zero-order valence-electron chi connectivity index (χ0n) is 15.0. The maximum absolute atomic E-state index is 12.3. The van der Waals surface area contributed by atoms with Crippen molar-refractivity contribution in [3.05, 3.63) is 58.1 Å². The van der Waals surface area contributed by atoms with Gasteiger partial charge in [0, 0.05) is 16.7 Å². The van der Waals surface area contributed by atoms with Crippen LogP contribution in [0.5, 0.6) is 5.75 Å². The van der Waals surface area contributed by atoms with Gasteiger partial charge in [-0.15, -0.1) is 0 Å². The number of aryl methyl sites for hydroxylation is 1. The van der Waals surface area contributed by atoms with Gasteiger partial charge in [0.05, 0.1) is 13.2 Å². The Labute approximate surface area is 157 Å². The van der Waals surface area contributed by atoms with Crippen molar-refractivity contribution in [2.24, 2.45) is 0 Å². The number of likely N-dealkylation sites (N-methyl/N-ethyl adjacent to an activating group) is 1. The quantitative estimate of drug-likeness (QED) is 0.757. The highest BCUT2D eigenvalue weighted by Crippen LogP contribution is 2.23. The molecule has 0 radical (unpaired) electrons. The highest BCUT2D eigenvalue weighted by Gasteiger charge is 2.16. The minimum Gasteiger partial charge on any atom is -0.497 e. The first-order valence-corrected chi connectivity index (χ1v) is 8.81. The third-order valence-electron chi connectivity index (χ3n) is 4.01. The van der Waals surface area contributed by atoms with Gasteiger partial charge in [-0.3, -0.25) is 0 Å². The van der Waals surface area contributed by atoms with Gasteiger partial charge in [-0.1, -0.05) is 34.1 Å². The van der Waals surface area contributed by atoms with Crippen molar-refractivity contribution in [1.82, 2.24) is 10.2 Å². The van der Waals surface area contributed by atoms with Gasteiger partial charge in [0.1, 0.15) is 5.75 Å². The maximum Gasteiger partial charge on any atom is 0.319 e. The lowest BCUT2D eigenvalue weighted by molar-refractivity contribution is 0.243. The molecule has 0 aromatic heterocycles. The van der Waals surface area contributed by atoms with E-state index in [9.17, 15) is 4.79 Å². The van der Waals surface area contributed by atoms with Gasteiger partial charge in [0.15, 0.2) is 0 Å². The van der Waals surface area contributed by atoms with E-state index < -0.39 is 0 Å². The molecular formula is C19H24BrN3O2. The van der Waals surface area contributed by atoms with Crippen LogP contribution in [0.25, 0.3) is 0 Å². The Morgan fingerprint density at radius 1 is 1.24 bits per heavy atom. The normalized spacial score (nSPS) is 11.9. The van der Waals surface area contributed by atoms with Crippen molar-refractivity contribution in [3.8, 4) is 5.75 Å². The second-order valence-corrected chi connectivity index (χ2v) is 6.97. The van der Waals surface area contributed by atoms with Gasteiger partial charge in [0.2, 0.25) is 0 Å². The Bertz CT molecular complexity index is 734. The fourth-order valence-corrected chi connectivity index (χ4v) is 2.89. The van der Waals surface area contributed by atoms with Crippen LogP contribution in [0.3, 0.4) is 0 Å². The van der Waals surface area contributed by atoms with E-state index in [0.29, 0.717) is 6.54 Å². The molecule has 0 heterocycles. The molecule has 1 atom stereocenters. The van der Waals surface area contributed by atoms with E-state index in [1.807, 2.05) is 63.5 Å². The number of urea groups is 1. The van der Waals surface area contributed by atoms with E-state index in [2.05, 4.69) is 31.5 Å². The van der Waals surface area contributed by atoms with Crippen molar-refractivity contribution < 1.29 is 9.53 Å². The summed E-state index contributed by atoms with van der Waals surface area (Å²) in [6.45, 7) is 2.44. The lowest BCUT2D eigenvalue weighted by Crippen LogP contribution is -2.37. The predicted octanol–water partition coefficient (Wildman–Crippen LogP) is 4.19. The van der Waals surface area contributed by atoms with Gasteiger partial charge in [-0.2, -0.15) is 0 Å². The molecule has 0 aliphatic carbocycles. The molecule has 0 bridgehead atoms. The summed E-state index contributed by atoms with van der Waals surface area (Å²) in [5, 5.41) is 5.84. The molecule has 2 rings (SSSR count). The summed E-state index contributed by atoms with van der Waals surface area (Å²) in [5.74, 6) is 0.804. The first-order chi connectivity index (χ1) is 11.9. The summed E-state index contributed by atoms with van der Waals surface area (Å²) in [6.07, 6.45) is 0. The summed E-state index contributed by atoms with van der Waals surface area (Å²) in [6, 6.07) is 13.5. The van der Waals surface area contributed by atoms with Crippen molar-refractivity contribution >= 4 is 27.6 Å². The van der Waals surface area contributed by atoms with E-state index in [-0.39, 0.29) is 12.1 Å². The molecule has 0 saturated carbocycles. The topological polar surface area (TPSA) is 53.6 Å². The van der Waals surface area contributed by atoms with E-state index in [1.165, 1.54) is 0 Å². The average molecular weight is 406 g/mol. The van der Waals surface area contributed by atoms with Crippen LogP contribution < -0.4 is 15.4 Å². The number of carbonyl (C=O) groups is 1. The SMILES string of the molecule is COc1cccc(C(CNC(=O)Nc2cc(Br)ccc2C)N(C)C)c1. The molecule has 0 fully saturated rings. The molecule has 0 aliphatic heterocycles. The lowest BCUT2D eigenvalue weighted by Gasteiger charge is -2.25. The van der Waals surface area contributed by atoms with E-state index in [1.54, 1.807) is 7.11 Å². The number of carbonyl (C=O) groups excluding carboxylic acids is 1. The highest BCUT2D eigenvalue weighted by molar-refractivity contribution is 9.10. The number of nitrogens with zero attached hydrogens (tertiary/aromatic N) is 1. The number of hydrogen-bond acceptors (Lipinski definition) is 3. The first-order valence-electron chi connectivity index (χ1n) is 8.02. The standard InChI is InChI=1S/C19H24BrN3O2/c1-13-8-9-15(20)11-17(13)22-19(24)21-12-18(23(2)3)14-6-5-7-16(10-14)25-4/h5-11,18H,12H2,1-4H3,(H2,21,22,24). The van der Waals surface area contributed by atoms with Gasteiger partial charge in [-0.05, 0) is 56.4 Å². The number of nitrogens with one attached hydrogen (secondary N) is 2. The van der Waals surface area contributed by atoms with E-state index in [4.69, 9.17) is 4.74 Å². The van der Waals surface area contributed by atoms with Crippen molar-refractivity contribution in [2.75, 3.05) is 33.1 Å². The van der Waals surface area contributed by atoms with Crippen molar-refractivity contribution in [1.29, 1.82) is 0 Å². The zero-order chi connectivity index (χ0) is 18.4. The molecule has 2 aromatic carbocycles. The number of halogens is 1. The van der Waals surface area contributed by atoms with Crippen LogP contribution in [0.15, 0.2) is 46.9 Å². The molecule has 1 unspecified atom stereocenters. The molecule has 6 heteroatoms. The minimum absolute atomic E-state index is 0.0458. The minimum atomic E-state index is -0.226. The van der Waals surface area contributed by atoms with Crippen LogP contribution in [-0.4, -0.2) is 38.7 Å². The number of ether oxygens (including phenoxy) is 1. The molecule has 0 spiro atoms. The van der Waals surface area contributed by atoms with Crippen LogP contribution in [-0.2, 0) is 0 Å². The third kappa shape index (κ3) is 5.47.